The minimum absolute atomic E-state index is 0.0589. The monoisotopic (exact) mass is 2160 g/mol. The highest BCUT2D eigenvalue weighted by molar-refractivity contribution is 6.94. The lowest BCUT2D eigenvalue weighted by atomic mass is 9.79. The van der Waals surface area contributed by atoms with Crippen LogP contribution in [-0.2, 0) is 183 Å². The third kappa shape index (κ3) is 31.3. The molecule has 0 amide bonds. The molecule has 11 saturated carbocycles. The molecule has 12 aliphatic heterocycles. The van der Waals surface area contributed by atoms with Gasteiger partial charge in [-0.25, -0.2) is 28.8 Å². The Morgan fingerprint density at radius 2 is 0.376 bits per heavy atom. The fourth-order valence-electron chi connectivity index (χ4n) is 27.0. The first-order valence-corrected chi connectivity index (χ1v) is 66.9. The molecule has 36 unspecified atom stereocenters. The lowest BCUT2D eigenvalue weighted by molar-refractivity contribution is -0.174. The molecule has 0 spiro atoms. The van der Waals surface area contributed by atoms with Crippen LogP contribution < -0.4 is 0 Å². The number of ether oxygens (including phenoxy) is 23. The summed E-state index contributed by atoms with van der Waals surface area (Å²) in [5.41, 5.74) is 0. The molecule has 39 nitrogen and oxygen atoms in total. The van der Waals surface area contributed by atoms with Crippen LogP contribution in [0.4, 0.5) is 0 Å². The predicted molar refractivity (Wildman–Crippen MR) is 521 cm³/mol. The van der Waals surface area contributed by atoms with Crippen LogP contribution in [-0.4, -0.2) is 319 Å². The number of carbonyl (C=O) groups is 12. The summed E-state index contributed by atoms with van der Waals surface area (Å²) < 4.78 is 156. The Kier molecular flexibility index (Phi) is 34.8. The average molecular weight is 2170 g/mol. The third-order valence-corrected chi connectivity index (χ3v) is 55.0. The Morgan fingerprint density at radius 3 is 0.584 bits per heavy atom. The molecule has 0 radical (unpaired) electrons. The molecule has 0 aromatic rings. The van der Waals surface area contributed by atoms with E-state index in [1.165, 1.54) is 103 Å². The van der Waals surface area contributed by atoms with Gasteiger partial charge < -0.3 is 125 Å². The van der Waals surface area contributed by atoms with Crippen molar-refractivity contribution in [3.8, 4) is 0 Å². The molecule has 36 atom stereocenters. The van der Waals surface area contributed by atoms with Crippen molar-refractivity contribution in [2.75, 3.05) is 79.3 Å². The number of esters is 12. The van der Waals surface area contributed by atoms with Crippen LogP contribution in [0.5, 0.6) is 0 Å². The second kappa shape index (κ2) is 47.8. The van der Waals surface area contributed by atoms with Crippen LogP contribution in [0, 0.1) is 82.9 Å². The topological polar surface area (TPSA) is 490 Å². The predicted octanol–water partition coefficient (Wildman–Crippen LogP) is 10.9. The van der Waals surface area contributed by atoms with Crippen molar-refractivity contribution in [3.05, 3.63) is 0 Å². The van der Waals surface area contributed by atoms with Gasteiger partial charge in [0.25, 0.3) is 0 Å². The number of rotatable bonds is 45. The van der Waals surface area contributed by atoms with E-state index in [2.05, 4.69) is 26.2 Å². The Balaban J connectivity index is 0.000000136. The Bertz CT molecular complexity index is 4360. The zero-order valence-corrected chi connectivity index (χ0v) is 90.9. The molecule has 0 aromatic carbocycles. The van der Waals surface area contributed by atoms with E-state index in [0.717, 1.165) is 163 Å². The second-order valence-corrected chi connectivity index (χ2v) is 62.7. The quantitative estimate of drug-likeness (QED) is 0.0236. The fraction of sp³-hybridized carbons (Fsp3) is 0.887. The number of epoxide rings is 11. The number of hydrogen-bond acceptors (Lipinski definition) is 39. The highest BCUT2D eigenvalue weighted by Gasteiger charge is 2.61. The summed E-state index contributed by atoms with van der Waals surface area (Å²) in [6, 6.07) is 4.21. The Hall–Kier alpha value is -6.09. The van der Waals surface area contributed by atoms with Gasteiger partial charge in [0, 0.05) is 0 Å². The molecule has 11 aliphatic carbocycles. The van der Waals surface area contributed by atoms with Crippen molar-refractivity contribution in [2.45, 2.75) is 429 Å². The van der Waals surface area contributed by atoms with Crippen molar-refractivity contribution in [1.29, 1.82) is 0 Å². The lowest BCUT2D eigenvalue weighted by Gasteiger charge is -2.51. The SMILES string of the molecule is C[Si]1(CCC2CCC3OC3C2)O[Si](C)(CCC2CCC3OC3C2)O[Si](C)(CCC2CCC3OC3C2)O[Si](C)(CCC2CCC3OC3C2)O1.O=C(COC(=O)C1CC2OC2CC1C(=O)OCC(=O)OCC1CCC2OC2C1)OCC1CCC2OC2C1.O=C(COC(=O)CC(C(=O)OCC(=O)OCC1CCC2OC2C1)C(CC(=O)OCC(=O)OCC1CCC2OC2C1)C(=O)OCC(=O)OCC1CCC2OC2C1)OCC1CCC2OC2C1. The molecule has 12 heterocycles. The molecule has 0 bridgehead atoms. The first-order valence-electron chi connectivity index (χ1n) is 56.8. The summed E-state index contributed by atoms with van der Waals surface area (Å²) >= 11 is 0. The first kappa shape index (κ1) is 108. The fourth-order valence-corrected chi connectivity index (χ4v) is 50.7. The standard InChI is InChI=1S/C44H58O20.C36H64O8Si4.C26H34O11/c45-37(57-19-39(47)53-15-23-1-5-29-33(9-23)61-29)13-27(43(51)59-21-41(49)55-17-25-3-7-31-35(11-25)63-31)28(44(52)60-22-42(50)56-18-26-4-8-32-36(12-26)64-32)14-38(46)58-20-40(48)54-16-24-2-6-30-34(10-24)62-30;1-45(17-13-25-5-9-29-33(21-25)37-29)41-46(2,18-14-26-6-10-30-34(22-26)38-30)43-48(4,20-16-28-8-12-32-36(24-28)40-32)44-47(3,42-45)19-15-27-7-11-31-35(23-27)39-31;27-23(31-9-13-1-3-17-19(5-13)35-17)11-33-25(29)15-7-21-22(37-21)8-16(15)26(30)34-12-24(28)32-10-14-2-4-18-20(6-14)36-18/h23-36H,1-22H2;25-36H,5-24H2,1-4H3;13-22H,1-12H2. The van der Waals surface area contributed by atoms with E-state index in [4.69, 9.17) is 125 Å². The van der Waals surface area contributed by atoms with Gasteiger partial charge in [0.1, 0.15) is 0 Å². The number of fused-ring (bicyclic) bond motifs is 11. The second-order valence-electron chi connectivity index (χ2n) is 48.4. The zero-order chi connectivity index (χ0) is 103. The Morgan fingerprint density at radius 1 is 0.201 bits per heavy atom. The molecule has 23 rings (SSSR count). The smallest absolute Gasteiger partial charge is 0.344 e. The first-order chi connectivity index (χ1) is 71.8. The maximum atomic E-state index is 13.8. The summed E-state index contributed by atoms with van der Waals surface area (Å²) in [4.78, 5) is 154. The molecule has 0 aromatic heterocycles. The van der Waals surface area contributed by atoms with Crippen LogP contribution in [0.3, 0.4) is 0 Å². The van der Waals surface area contributed by atoms with E-state index in [1.54, 1.807) is 0 Å². The summed E-state index contributed by atoms with van der Waals surface area (Å²) in [7, 11) is -10.4. The summed E-state index contributed by atoms with van der Waals surface area (Å²) in [6.07, 6.45) is 40.8. The van der Waals surface area contributed by atoms with E-state index >= 15 is 0 Å². The van der Waals surface area contributed by atoms with Gasteiger partial charge in [-0.05, 0) is 341 Å². The van der Waals surface area contributed by atoms with Gasteiger partial charge in [-0.3, -0.25) is 28.8 Å². The van der Waals surface area contributed by atoms with Crippen LogP contribution in [0.15, 0.2) is 0 Å². The highest BCUT2D eigenvalue weighted by atomic mass is 28.5. The minimum Gasteiger partial charge on any atom is -0.463 e. The number of hydrogen-bond donors (Lipinski definition) is 0. The minimum atomic E-state index is -2.60. The van der Waals surface area contributed by atoms with Gasteiger partial charge in [-0.2, -0.15) is 0 Å². The van der Waals surface area contributed by atoms with E-state index in [-0.39, 0.29) is 136 Å². The maximum Gasteiger partial charge on any atom is 0.344 e. The van der Waals surface area contributed by atoms with Crippen molar-refractivity contribution in [3.63, 3.8) is 0 Å². The maximum absolute atomic E-state index is 13.8. The van der Waals surface area contributed by atoms with Crippen molar-refractivity contribution >= 4 is 106 Å². The van der Waals surface area contributed by atoms with Crippen molar-refractivity contribution < 1.29 is 183 Å². The molecule has 12 saturated heterocycles. The van der Waals surface area contributed by atoms with Gasteiger partial charge in [-0.15, -0.1) is 0 Å². The van der Waals surface area contributed by atoms with Crippen LogP contribution in [0.2, 0.25) is 50.4 Å². The van der Waals surface area contributed by atoms with Gasteiger partial charge in [0.15, 0.2) is 39.6 Å². The average Bonchev–Trinajstić information content (AvgIpc) is 1.14. The van der Waals surface area contributed by atoms with E-state index < -0.39 is 182 Å². The van der Waals surface area contributed by atoms with Gasteiger partial charge >= 0.3 is 106 Å². The summed E-state index contributed by atoms with van der Waals surface area (Å²) in [6.45, 7) is 6.00. The van der Waals surface area contributed by atoms with Gasteiger partial charge in [0.05, 0.1) is 210 Å². The largest absolute Gasteiger partial charge is 0.463 e. The molecule has 830 valence electrons. The molecular formula is C106H156O39Si4. The number of carbonyl (C=O) groups excluding carboxylic acids is 12. The molecular weight excluding hydrogens is 2010 g/mol. The molecule has 23 fully saturated rings. The summed E-state index contributed by atoms with van der Waals surface area (Å²) in [5.74, 6) is -12.7. The lowest BCUT2D eigenvalue weighted by Crippen LogP contribution is -2.67. The van der Waals surface area contributed by atoms with Crippen LogP contribution >= 0.6 is 0 Å². The van der Waals surface area contributed by atoms with Crippen molar-refractivity contribution in [1.82, 2.24) is 0 Å². The van der Waals surface area contributed by atoms with Crippen LogP contribution in [0.1, 0.15) is 244 Å². The summed E-state index contributed by atoms with van der Waals surface area (Å²) in [5, 5.41) is 0. The van der Waals surface area contributed by atoms with E-state index in [9.17, 15) is 57.5 Å². The van der Waals surface area contributed by atoms with E-state index in [0.29, 0.717) is 86.1 Å². The van der Waals surface area contributed by atoms with E-state index in [1.807, 2.05) is 0 Å². The Labute approximate surface area is 874 Å². The third-order valence-electron chi connectivity index (χ3n) is 36.4. The normalized spacial score (nSPS) is 42.2. The highest BCUT2D eigenvalue weighted by Crippen LogP contribution is 2.53. The molecule has 0 N–H and O–H groups in total. The molecule has 43 heteroatoms. The zero-order valence-electron chi connectivity index (χ0n) is 86.9. The van der Waals surface area contributed by atoms with Gasteiger partial charge in [0.2, 0.25) is 0 Å². The molecule has 149 heavy (non-hydrogen) atoms. The van der Waals surface area contributed by atoms with Gasteiger partial charge in [-0.1, -0.05) is 0 Å². The van der Waals surface area contributed by atoms with Crippen LogP contribution in [0.25, 0.3) is 0 Å². The van der Waals surface area contributed by atoms with Crippen molar-refractivity contribution in [2.24, 2.45) is 82.9 Å². The molecule has 23 aliphatic rings.